The van der Waals surface area contributed by atoms with E-state index in [9.17, 15) is 9.59 Å². The summed E-state index contributed by atoms with van der Waals surface area (Å²) in [4.78, 5) is 20.2. The molecule has 0 saturated carbocycles. The molecule has 0 radical (unpaired) electrons. The first-order valence-corrected chi connectivity index (χ1v) is 6.81. The zero-order valence-electron chi connectivity index (χ0n) is 12.3. The quantitative estimate of drug-likeness (QED) is 0.495. The second-order valence-electron chi connectivity index (χ2n) is 4.03. The summed E-state index contributed by atoms with van der Waals surface area (Å²) in [7, 11) is 0. The van der Waals surface area contributed by atoms with Crippen LogP contribution in [0.3, 0.4) is 0 Å². The maximum absolute atomic E-state index is 10.4. The van der Waals surface area contributed by atoms with Gasteiger partial charge < -0.3 is 9.47 Å². The summed E-state index contributed by atoms with van der Waals surface area (Å²) in [5.41, 5.74) is 0. The van der Waals surface area contributed by atoms with Crippen molar-refractivity contribution < 1.29 is 19.1 Å². The highest BCUT2D eigenvalue weighted by atomic mass is 16.5. The van der Waals surface area contributed by atoms with E-state index in [1.807, 2.05) is 0 Å². The molecule has 0 N–H and O–H groups in total. The third kappa shape index (κ3) is 24.3. The Hall–Kier alpha value is -1.06. The fourth-order valence-electron chi connectivity index (χ4n) is 1.30. The lowest BCUT2D eigenvalue weighted by atomic mass is 10.1. The van der Waals surface area contributed by atoms with E-state index in [0.29, 0.717) is 13.2 Å². The minimum absolute atomic E-state index is 0.163. The van der Waals surface area contributed by atoms with Crippen molar-refractivity contribution in [3.8, 4) is 0 Å². The molecule has 0 unspecified atom stereocenters. The van der Waals surface area contributed by atoms with Crippen molar-refractivity contribution in [2.75, 3.05) is 13.2 Å². The number of ether oxygens (including phenoxy) is 2. The van der Waals surface area contributed by atoms with Crippen molar-refractivity contribution in [3.63, 3.8) is 0 Å². The molecule has 0 fully saturated rings. The van der Waals surface area contributed by atoms with E-state index < -0.39 is 0 Å². The summed E-state index contributed by atoms with van der Waals surface area (Å²) in [6.07, 6.45) is 7.40. The van der Waals surface area contributed by atoms with Gasteiger partial charge in [0.15, 0.2) is 0 Å². The van der Waals surface area contributed by atoms with E-state index in [0.717, 1.165) is 6.42 Å². The van der Waals surface area contributed by atoms with Crippen molar-refractivity contribution in [2.45, 2.75) is 66.2 Å². The predicted molar refractivity (Wildman–Crippen MR) is 72.3 cm³/mol. The highest BCUT2D eigenvalue weighted by Gasteiger charge is 1.92. The van der Waals surface area contributed by atoms with E-state index in [-0.39, 0.29) is 11.9 Å². The van der Waals surface area contributed by atoms with Gasteiger partial charge in [-0.05, 0) is 13.3 Å². The Morgan fingerprint density at radius 3 is 1.67 bits per heavy atom. The zero-order chi connectivity index (χ0) is 14.2. The maximum atomic E-state index is 10.4. The molecule has 0 aromatic carbocycles. The smallest absolute Gasteiger partial charge is 0.302 e. The van der Waals surface area contributed by atoms with Crippen LogP contribution in [0.4, 0.5) is 0 Å². The Bertz CT molecular complexity index is 202. The van der Waals surface area contributed by atoms with Crippen molar-refractivity contribution in [1.29, 1.82) is 0 Å². The van der Waals surface area contributed by atoms with Crippen LogP contribution in [0.2, 0.25) is 0 Å². The van der Waals surface area contributed by atoms with Gasteiger partial charge in [-0.1, -0.05) is 39.0 Å². The van der Waals surface area contributed by atoms with Gasteiger partial charge in [0.25, 0.3) is 0 Å². The number of esters is 2. The third-order valence-corrected chi connectivity index (χ3v) is 2.15. The summed E-state index contributed by atoms with van der Waals surface area (Å²) in [5, 5.41) is 0. The summed E-state index contributed by atoms with van der Waals surface area (Å²) >= 11 is 0. The molecule has 0 spiro atoms. The number of hydrogen-bond donors (Lipinski definition) is 0. The van der Waals surface area contributed by atoms with Gasteiger partial charge in [-0.15, -0.1) is 0 Å². The molecule has 4 heteroatoms. The molecule has 18 heavy (non-hydrogen) atoms. The summed E-state index contributed by atoms with van der Waals surface area (Å²) in [5.74, 6) is -0.374. The molecule has 0 rings (SSSR count). The lowest BCUT2D eigenvalue weighted by Gasteiger charge is -2.01. The van der Waals surface area contributed by atoms with E-state index in [4.69, 9.17) is 4.74 Å². The lowest BCUT2D eigenvalue weighted by Crippen LogP contribution is -1.99. The Kier molecular flexibility index (Phi) is 17.1. The number of rotatable bonds is 8. The molecule has 0 aromatic heterocycles. The van der Waals surface area contributed by atoms with E-state index in [1.165, 1.54) is 46.0 Å². The van der Waals surface area contributed by atoms with Gasteiger partial charge in [0.1, 0.15) is 0 Å². The minimum Gasteiger partial charge on any atom is -0.466 e. The highest BCUT2D eigenvalue weighted by Crippen LogP contribution is 2.04. The second kappa shape index (κ2) is 15.9. The number of hydrogen-bond acceptors (Lipinski definition) is 4. The van der Waals surface area contributed by atoms with Crippen LogP contribution in [-0.2, 0) is 19.1 Å². The summed E-state index contributed by atoms with van der Waals surface area (Å²) in [6.45, 7) is 7.91. The normalized spacial score (nSPS) is 9.11. The molecule has 108 valence electrons. The van der Waals surface area contributed by atoms with Crippen LogP contribution in [0.25, 0.3) is 0 Å². The summed E-state index contributed by atoms with van der Waals surface area (Å²) in [6, 6.07) is 0. The molecule has 4 nitrogen and oxygen atoms in total. The molecule has 0 bridgehead atoms. The topological polar surface area (TPSA) is 52.6 Å². The molecular weight excluding hydrogens is 232 g/mol. The van der Waals surface area contributed by atoms with E-state index >= 15 is 0 Å². The number of unbranched alkanes of at least 4 members (excludes halogenated alkanes) is 5. The van der Waals surface area contributed by atoms with Crippen molar-refractivity contribution >= 4 is 11.9 Å². The monoisotopic (exact) mass is 260 g/mol. The van der Waals surface area contributed by atoms with Gasteiger partial charge in [-0.3, -0.25) is 9.59 Å². The van der Waals surface area contributed by atoms with Crippen LogP contribution < -0.4 is 0 Å². The van der Waals surface area contributed by atoms with Gasteiger partial charge in [0.05, 0.1) is 13.2 Å². The van der Waals surface area contributed by atoms with Crippen LogP contribution >= 0.6 is 0 Å². The molecule has 0 aromatic rings. The molecule has 0 amide bonds. The maximum Gasteiger partial charge on any atom is 0.302 e. The van der Waals surface area contributed by atoms with Gasteiger partial charge in [0.2, 0.25) is 0 Å². The van der Waals surface area contributed by atoms with Crippen LogP contribution in [0, 0.1) is 0 Å². The Morgan fingerprint density at radius 1 is 0.778 bits per heavy atom. The SMILES string of the molecule is CCCCCCCCOC(C)=O.CCOC(C)=O. The Balaban J connectivity index is 0. The van der Waals surface area contributed by atoms with Gasteiger partial charge in [-0.2, -0.15) is 0 Å². The molecule has 0 aliphatic rings. The molecule has 0 heterocycles. The largest absolute Gasteiger partial charge is 0.466 e. The van der Waals surface area contributed by atoms with E-state index in [2.05, 4.69) is 11.7 Å². The summed E-state index contributed by atoms with van der Waals surface area (Å²) < 4.78 is 9.21. The fourth-order valence-corrected chi connectivity index (χ4v) is 1.30. The first kappa shape index (κ1) is 19.3. The number of carbonyl (C=O) groups is 2. The molecular formula is C14H28O4. The van der Waals surface area contributed by atoms with Crippen LogP contribution in [0.1, 0.15) is 66.2 Å². The minimum atomic E-state index is -0.211. The van der Waals surface area contributed by atoms with Crippen LogP contribution in [0.15, 0.2) is 0 Å². The van der Waals surface area contributed by atoms with Gasteiger partial charge >= 0.3 is 11.9 Å². The molecule has 0 aliphatic heterocycles. The highest BCUT2D eigenvalue weighted by molar-refractivity contribution is 5.66. The molecule has 0 aliphatic carbocycles. The van der Waals surface area contributed by atoms with Gasteiger partial charge in [0, 0.05) is 13.8 Å². The zero-order valence-corrected chi connectivity index (χ0v) is 12.3. The van der Waals surface area contributed by atoms with E-state index in [1.54, 1.807) is 6.92 Å². The fraction of sp³-hybridized carbons (Fsp3) is 0.857. The average Bonchev–Trinajstić information content (AvgIpc) is 2.28. The van der Waals surface area contributed by atoms with Crippen molar-refractivity contribution in [2.24, 2.45) is 0 Å². The Morgan fingerprint density at radius 2 is 1.28 bits per heavy atom. The van der Waals surface area contributed by atoms with Crippen molar-refractivity contribution in [1.82, 2.24) is 0 Å². The van der Waals surface area contributed by atoms with Crippen LogP contribution in [-0.4, -0.2) is 25.2 Å². The molecule has 0 saturated heterocycles. The van der Waals surface area contributed by atoms with Crippen molar-refractivity contribution in [3.05, 3.63) is 0 Å². The Labute approximate surface area is 111 Å². The number of carbonyl (C=O) groups excluding carboxylic acids is 2. The predicted octanol–water partition coefficient (Wildman–Crippen LogP) is 3.48. The first-order valence-electron chi connectivity index (χ1n) is 6.81. The van der Waals surface area contributed by atoms with Gasteiger partial charge in [-0.25, -0.2) is 0 Å². The van der Waals surface area contributed by atoms with Crippen LogP contribution in [0.5, 0.6) is 0 Å². The first-order chi connectivity index (χ1) is 8.54. The third-order valence-electron chi connectivity index (χ3n) is 2.15. The average molecular weight is 260 g/mol. The molecule has 0 atom stereocenters. The lowest BCUT2D eigenvalue weighted by molar-refractivity contribution is -0.141. The second-order valence-corrected chi connectivity index (χ2v) is 4.03. The standard InChI is InChI=1S/C10H20O2.C4H8O2/c1-3-4-5-6-7-8-9-12-10(2)11;1-3-6-4(2)5/h3-9H2,1-2H3;3H2,1-2H3.